The third-order valence-electron chi connectivity index (χ3n) is 2.76. The lowest BCUT2D eigenvalue weighted by molar-refractivity contribution is -0.144. The molecule has 1 fully saturated rings. The summed E-state index contributed by atoms with van der Waals surface area (Å²) in [5.74, 6) is 0.568. The number of nitrogens with zero attached hydrogens (tertiary/aromatic N) is 1. The molecule has 0 aliphatic carbocycles. The maximum atomic E-state index is 11.7. The number of carboxylic acid groups (broad SMARTS) is 1. The van der Waals surface area contributed by atoms with Gasteiger partial charge in [0.15, 0.2) is 0 Å². The van der Waals surface area contributed by atoms with Crippen LogP contribution in [0.4, 0.5) is 0 Å². The SMILES string of the molecule is C#CCNCC(=O)N(C)C1COCC1C(=O)O. The average molecular weight is 240 g/mol. The Hall–Kier alpha value is -1.58. The lowest BCUT2D eigenvalue weighted by Crippen LogP contribution is -2.47. The molecule has 1 heterocycles. The fourth-order valence-corrected chi connectivity index (χ4v) is 1.71. The number of rotatable bonds is 5. The number of likely N-dealkylation sites (N-methyl/N-ethyl adjacent to an activating group) is 1. The van der Waals surface area contributed by atoms with Crippen LogP contribution in [0.3, 0.4) is 0 Å². The first-order valence-electron chi connectivity index (χ1n) is 5.28. The van der Waals surface area contributed by atoms with Crippen molar-refractivity contribution in [1.29, 1.82) is 0 Å². The van der Waals surface area contributed by atoms with Gasteiger partial charge in [-0.3, -0.25) is 14.9 Å². The Morgan fingerprint density at radius 3 is 2.88 bits per heavy atom. The number of terminal acetylenes is 1. The molecule has 1 aliphatic heterocycles. The van der Waals surface area contributed by atoms with Gasteiger partial charge in [-0.15, -0.1) is 6.42 Å². The molecule has 2 N–H and O–H groups in total. The molecule has 0 aromatic carbocycles. The van der Waals surface area contributed by atoms with Gasteiger partial charge in [0.1, 0.15) is 5.92 Å². The molecule has 0 radical (unpaired) electrons. The van der Waals surface area contributed by atoms with Crippen LogP contribution < -0.4 is 5.32 Å². The molecule has 0 aromatic rings. The van der Waals surface area contributed by atoms with E-state index >= 15 is 0 Å². The lowest BCUT2D eigenvalue weighted by Gasteiger charge is -2.26. The van der Waals surface area contributed by atoms with Crippen LogP contribution in [0.25, 0.3) is 0 Å². The molecule has 1 aliphatic rings. The number of hydrogen-bond donors (Lipinski definition) is 2. The van der Waals surface area contributed by atoms with E-state index in [1.165, 1.54) is 4.90 Å². The smallest absolute Gasteiger partial charge is 0.311 e. The van der Waals surface area contributed by atoms with Crippen LogP contribution in [-0.2, 0) is 14.3 Å². The van der Waals surface area contributed by atoms with Gasteiger partial charge < -0.3 is 14.7 Å². The van der Waals surface area contributed by atoms with Crippen LogP contribution in [0.15, 0.2) is 0 Å². The number of aliphatic carboxylic acids is 1. The number of ether oxygens (including phenoxy) is 1. The summed E-state index contributed by atoms with van der Waals surface area (Å²) in [5.41, 5.74) is 0. The Kier molecular flexibility index (Phi) is 4.94. The van der Waals surface area contributed by atoms with Crippen molar-refractivity contribution in [3.63, 3.8) is 0 Å². The van der Waals surface area contributed by atoms with Crippen molar-refractivity contribution in [2.24, 2.45) is 5.92 Å². The maximum Gasteiger partial charge on any atom is 0.311 e. The largest absolute Gasteiger partial charge is 0.481 e. The van der Waals surface area contributed by atoms with E-state index in [0.29, 0.717) is 6.54 Å². The van der Waals surface area contributed by atoms with Crippen molar-refractivity contribution in [1.82, 2.24) is 10.2 Å². The normalized spacial score (nSPS) is 23.1. The molecule has 1 saturated heterocycles. The van der Waals surface area contributed by atoms with Gasteiger partial charge in [-0.25, -0.2) is 0 Å². The zero-order chi connectivity index (χ0) is 12.8. The van der Waals surface area contributed by atoms with Crippen molar-refractivity contribution < 1.29 is 19.4 Å². The highest BCUT2D eigenvalue weighted by Gasteiger charge is 2.38. The molecule has 1 amide bonds. The third-order valence-corrected chi connectivity index (χ3v) is 2.76. The Morgan fingerprint density at radius 1 is 1.59 bits per heavy atom. The predicted molar refractivity (Wildman–Crippen MR) is 60.2 cm³/mol. The first kappa shape index (κ1) is 13.5. The summed E-state index contributed by atoms with van der Waals surface area (Å²) in [6.45, 7) is 0.816. The number of nitrogens with one attached hydrogen (secondary N) is 1. The fraction of sp³-hybridized carbons (Fsp3) is 0.636. The van der Waals surface area contributed by atoms with Crippen molar-refractivity contribution in [3.8, 4) is 12.3 Å². The minimum Gasteiger partial charge on any atom is -0.481 e. The van der Waals surface area contributed by atoms with Crippen LogP contribution in [0, 0.1) is 18.3 Å². The van der Waals surface area contributed by atoms with E-state index in [4.69, 9.17) is 16.3 Å². The molecule has 1 rings (SSSR count). The quantitative estimate of drug-likeness (QED) is 0.464. The van der Waals surface area contributed by atoms with Gasteiger partial charge in [0, 0.05) is 7.05 Å². The summed E-state index contributed by atoms with van der Waals surface area (Å²) < 4.78 is 5.10. The first-order valence-corrected chi connectivity index (χ1v) is 5.28. The predicted octanol–water partition coefficient (Wildman–Crippen LogP) is -1.23. The molecular formula is C11H16N2O4. The van der Waals surface area contributed by atoms with E-state index in [2.05, 4.69) is 11.2 Å². The van der Waals surface area contributed by atoms with Crippen molar-refractivity contribution in [2.75, 3.05) is 33.4 Å². The second-order valence-electron chi connectivity index (χ2n) is 3.86. The van der Waals surface area contributed by atoms with Crippen molar-refractivity contribution >= 4 is 11.9 Å². The van der Waals surface area contributed by atoms with Gasteiger partial charge in [0.05, 0.1) is 32.3 Å². The molecule has 0 saturated carbocycles. The highest BCUT2D eigenvalue weighted by molar-refractivity contribution is 5.80. The molecule has 17 heavy (non-hydrogen) atoms. The molecule has 0 spiro atoms. The topological polar surface area (TPSA) is 78.9 Å². The van der Waals surface area contributed by atoms with E-state index in [1.54, 1.807) is 7.05 Å². The first-order chi connectivity index (χ1) is 8.07. The number of hydrogen-bond acceptors (Lipinski definition) is 4. The van der Waals surface area contributed by atoms with Crippen LogP contribution in [0.5, 0.6) is 0 Å². The van der Waals surface area contributed by atoms with Crippen LogP contribution in [0.2, 0.25) is 0 Å². The van der Waals surface area contributed by atoms with Crippen LogP contribution in [-0.4, -0.2) is 61.3 Å². The second kappa shape index (κ2) is 6.23. The minimum absolute atomic E-state index is 0.101. The van der Waals surface area contributed by atoms with Gasteiger partial charge in [0.2, 0.25) is 5.91 Å². The van der Waals surface area contributed by atoms with Crippen LogP contribution >= 0.6 is 0 Å². The molecule has 6 nitrogen and oxygen atoms in total. The summed E-state index contributed by atoms with van der Waals surface area (Å²) in [6, 6.07) is -0.410. The number of carbonyl (C=O) groups excluding carboxylic acids is 1. The minimum atomic E-state index is -0.941. The van der Waals surface area contributed by atoms with Crippen LogP contribution in [0.1, 0.15) is 0 Å². The van der Waals surface area contributed by atoms with E-state index in [1.807, 2.05) is 0 Å². The van der Waals surface area contributed by atoms with Crippen molar-refractivity contribution in [2.45, 2.75) is 6.04 Å². The van der Waals surface area contributed by atoms with E-state index in [0.717, 1.165) is 0 Å². The Morgan fingerprint density at radius 2 is 2.29 bits per heavy atom. The number of carbonyl (C=O) groups is 2. The summed E-state index contributed by atoms with van der Waals surface area (Å²) in [4.78, 5) is 24.1. The van der Waals surface area contributed by atoms with E-state index < -0.39 is 17.9 Å². The zero-order valence-electron chi connectivity index (χ0n) is 9.68. The summed E-state index contributed by atoms with van der Waals surface area (Å²) in [7, 11) is 1.58. The Labute approximate surface area is 99.9 Å². The standard InChI is InChI=1S/C11H16N2O4/c1-3-4-12-5-10(14)13(2)9-7-17-6-8(9)11(15)16/h1,8-9,12H,4-7H2,2H3,(H,15,16). The van der Waals surface area contributed by atoms with Crippen molar-refractivity contribution in [3.05, 3.63) is 0 Å². The van der Waals surface area contributed by atoms with Gasteiger partial charge in [0.25, 0.3) is 0 Å². The highest BCUT2D eigenvalue weighted by Crippen LogP contribution is 2.18. The Bertz CT molecular complexity index is 337. The molecule has 0 bridgehead atoms. The monoisotopic (exact) mass is 240 g/mol. The highest BCUT2D eigenvalue weighted by atomic mass is 16.5. The summed E-state index contributed by atoms with van der Waals surface area (Å²) in [6.07, 6.45) is 5.04. The summed E-state index contributed by atoms with van der Waals surface area (Å²) in [5, 5.41) is 11.7. The molecule has 2 atom stereocenters. The lowest BCUT2D eigenvalue weighted by atomic mass is 10.0. The fourth-order valence-electron chi connectivity index (χ4n) is 1.71. The molecular weight excluding hydrogens is 224 g/mol. The number of amides is 1. The Balaban J connectivity index is 2.51. The van der Waals surface area contributed by atoms with Gasteiger partial charge in [-0.05, 0) is 0 Å². The van der Waals surface area contributed by atoms with E-state index in [9.17, 15) is 9.59 Å². The van der Waals surface area contributed by atoms with E-state index in [-0.39, 0.29) is 25.7 Å². The zero-order valence-corrected chi connectivity index (χ0v) is 9.68. The summed E-state index contributed by atoms with van der Waals surface area (Å²) >= 11 is 0. The third kappa shape index (κ3) is 3.44. The van der Waals surface area contributed by atoms with Gasteiger partial charge in [-0.2, -0.15) is 0 Å². The molecule has 94 valence electrons. The maximum absolute atomic E-state index is 11.7. The molecule has 6 heteroatoms. The second-order valence-corrected chi connectivity index (χ2v) is 3.86. The van der Waals surface area contributed by atoms with Gasteiger partial charge >= 0.3 is 5.97 Å². The van der Waals surface area contributed by atoms with Gasteiger partial charge in [-0.1, -0.05) is 5.92 Å². The molecule has 0 aromatic heterocycles. The number of carboxylic acids is 1. The molecule has 2 unspecified atom stereocenters. The average Bonchev–Trinajstić information content (AvgIpc) is 2.77.